The van der Waals surface area contributed by atoms with Gasteiger partial charge in [0.25, 0.3) is 15.9 Å². The summed E-state index contributed by atoms with van der Waals surface area (Å²) in [5.74, 6) is -0.464. The van der Waals surface area contributed by atoms with Crippen molar-refractivity contribution in [3.8, 4) is 5.75 Å². The first-order valence-corrected chi connectivity index (χ1v) is 10.9. The van der Waals surface area contributed by atoms with Crippen molar-refractivity contribution in [3.63, 3.8) is 0 Å². The number of hydrogen-bond donors (Lipinski definition) is 2. The number of alkyl halides is 3. The van der Waals surface area contributed by atoms with Crippen LogP contribution in [0, 0.1) is 6.92 Å². The molecule has 0 aliphatic heterocycles. The first-order chi connectivity index (χ1) is 14.5. The highest BCUT2D eigenvalue weighted by Crippen LogP contribution is 2.32. The summed E-state index contributed by atoms with van der Waals surface area (Å²) in [6.45, 7) is 1.82. The van der Waals surface area contributed by atoms with Crippen LogP contribution in [-0.2, 0) is 16.2 Å². The Labute approximate surface area is 179 Å². The van der Waals surface area contributed by atoms with E-state index in [-0.39, 0.29) is 17.0 Å². The molecule has 1 heterocycles. The van der Waals surface area contributed by atoms with Gasteiger partial charge in [-0.25, -0.2) is 13.4 Å². The molecule has 0 radical (unpaired) electrons. The molecule has 1 amide bonds. The smallest absolute Gasteiger partial charge is 0.416 e. The van der Waals surface area contributed by atoms with Crippen LogP contribution in [0.4, 0.5) is 24.0 Å². The van der Waals surface area contributed by atoms with Gasteiger partial charge < -0.3 is 4.74 Å². The lowest BCUT2D eigenvalue weighted by Gasteiger charge is -2.14. The van der Waals surface area contributed by atoms with E-state index in [4.69, 9.17) is 4.74 Å². The number of nitrogens with zero attached hydrogens (tertiary/aromatic N) is 1. The van der Waals surface area contributed by atoms with Crippen LogP contribution < -0.4 is 14.8 Å². The van der Waals surface area contributed by atoms with Crippen LogP contribution in [0.2, 0.25) is 0 Å². The van der Waals surface area contributed by atoms with Crippen LogP contribution in [0.5, 0.6) is 5.75 Å². The topological polar surface area (TPSA) is 97.4 Å². The fraction of sp³-hybridized carbons (Fsp3) is 0.158. The zero-order valence-electron chi connectivity index (χ0n) is 16.1. The minimum absolute atomic E-state index is 0.0807. The molecule has 0 bridgehead atoms. The van der Waals surface area contributed by atoms with Gasteiger partial charge in [-0.2, -0.15) is 13.2 Å². The quantitative estimate of drug-likeness (QED) is 0.551. The Morgan fingerprint density at radius 3 is 2.52 bits per heavy atom. The van der Waals surface area contributed by atoms with Gasteiger partial charge in [0.15, 0.2) is 5.13 Å². The number of carbonyl (C=O) groups excluding carboxylic acids is 1. The highest BCUT2D eigenvalue weighted by molar-refractivity contribution is 7.92. The second-order valence-corrected chi connectivity index (χ2v) is 9.19. The zero-order chi connectivity index (χ0) is 22.8. The van der Waals surface area contributed by atoms with E-state index in [1.54, 1.807) is 6.20 Å². The summed E-state index contributed by atoms with van der Waals surface area (Å²) in [4.78, 5) is 16.8. The van der Waals surface area contributed by atoms with Crippen molar-refractivity contribution >= 4 is 38.1 Å². The number of thiazole rings is 1. The minimum atomic E-state index is -4.70. The summed E-state index contributed by atoms with van der Waals surface area (Å²) in [5, 5.41) is 2.95. The number of amides is 1. The molecule has 12 heteroatoms. The Hall–Kier alpha value is -3.12. The molecule has 0 saturated carbocycles. The number of ether oxygens (including phenoxy) is 1. The van der Waals surface area contributed by atoms with E-state index >= 15 is 0 Å². The van der Waals surface area contributed by atoms with Crippen LogP contribution >= 0.6 is 11.3 Å². The van der Waals surface area contributed by atoms with Crippen molar-refractivity contribution in [2.75, 3.05) is 17.1 Å². The molecular weight excluding hydrogens is 455 g/mol. The third-order valence-electron chi connectivity index (χ3n) is 4.02. The Morgan fingerprint density at radius 1 is 1.16 bits per heavy atom. The van der Waals surface area contributed by atoms with Crippen LogP contribution in [0.25, 0.3) is 0 Å². The molecule has 7 nitrogen and oxygen atoms in total. The predicted molar refractivity (Wildman–Crippen MR) is 110 cm³/mol. The number of nitrogens with one attached hydrogen (secondary N) is 2. The molecule has 0 aliphatic carbocycles. The number of anilines is 2. The lowest BCUT2D eigenvalue weighted by atomic mass is 10.2. The summed E-state index contributed by atoms with van der Waals surface area (Å²) >= 11 is 1.26. The maximum absolute atomic E-state index is 12.9. The third kappa shape index (κ3) is 5.33. The van der Waals surface area contributed by atoms with Crippen molar-refractivity contribution in [1.29, 1.82) is 0 Å². The summed E-state index contributed by atoms with van der Waals surface area (Å²) in [5.41, 5.74) is -1.12. The van der Waals surface area contributed by atoms with E-state index < -0.39 is 32.6 Å². The summed E-state index contributed by atoms with van der Waals surface area (Å²) < 4.78 is 71.5. The molecule has 0 aliphatic rings. The van der Waals surface area contributed by atoms with E-state index in [2.05, 4.69) is 15.0 Å². The number of halogens is 3. The number of carbonyl (C=O) groups is 1. The number of benzene rings is 2. The SMILES string of the molecule is COc1ccc(C(=O)Nc2ncc(C)s2)cc1NS(=O)(=O)c1cccc(C(F)(F)F)c1. The molecule has 3 aromatic rings. The number of methoxy groups -OCH3 is 1. The highest BCUT2D eigenvalue weighted by Gasteiger charge is 2.32. The molecule has 1 aromatic heterocycles. The van der Waals surface area contributed by atoms with Gasteiger partial charge >= 0.3 is 6.18 Å². The maximum Gasteiger partial charge on any atom is 0.416 e. The molecule has 0 saturated heterocycles. The number of aromatic nitrogens is 1. The van der Waals surface area contributed by atoms with E-state index in [0.29, 0.717) is 11.2 Å². The molecule has 164 valence electrons. The molecule has 3 rings (SSSR count). The Balaban J connectivity index is 1.91. The van der Waals surface area contributed by atoms with Crippen molar-refractivity contribution in [2.45, 2.75) is 18.0 Å². The van der Waals surface area contributed by atoms with Crippen LogP contribution in [0.1, 0.15) is 20.8 Å². The summed E-state index contributed by atoms with van der Waals surface area (Å²) in [7, 11) is -3.11. The van der Waals surface area contributed by atoms with Crippen LogP contribution in [0.3, 0.4) is 0 Å². The van der Waals surface area contributed by atoms with Gasteiger partial charge in [0.1, 0.15) is 5.75 Å². The zero-order valence-corrected chi connectivity index (χ0v) is 17.8. The fourth-order valence-corrected chi connectivity index (χ4v) is 4.32. The molecule has 31 heavy (non-hydrogen) atoms. The molecule has 0 fully saturated rings. The molecular formula is C19H16F3N3O4S2. The van der Waals surface area contributed by atoms with Crippen LogP contribution in [-0.4, -0.2) is 26.4 Å². The first-order valence-electron chi connectivity index (χ1n) is 8.61. The Bertz CT molecular complexity index is 1220. The predicted octanol–water partition coefficient (Wildman–Crippen LogP) is 4.53. The van der Waals surface area contributed by atoms with Gasteiger partial charge in [0, 0.05) is 16.6 Å². The van der Waals surface area contributed by atoms with E-state index in [1.165, 1.54) is 36.6 Å². The van der Waals surface area contributed by atoms with Crippen LogP contribution in [0.15, 0.2) is 53.6 Å². The molecule has 0 atom stereocenters. The molecule has 0 unspecified atom stereocenters. The fourth-order valence-electron chi connectivity index (χ4n) is 2.55. The monoisotopic (exact) mass is 471 g/mol. The molecule has 0 spiro atoms. The van der Waals surface area contributed by atoms with Gasteiger partial charge in [0.2, 0.25) is 0 Å². The average Bonchev–Trinajstić information content (AvgIpc) is 3.11. The lowest BCUT2D eigenvalue weighted by Crippen LogP contribution is -2.16. The average molecular weight is 471 g/mol. The van der Waals surface area contributed by atoms with E-state index in [1.807, 2.05) is 6.92 Å². The second-order valence-electron chi connectivity index (χ2n) is 6.28. The normalized spacial score (nSPS) is 11.8. The third-order valence-corrected chi connectivity index (χ3v) is 6.21. The van der Waals surface area contributed by atoms with Crippen molar-refractivity contribution in [2.24, 2.45) is 0 Å². The van der Waals surface area contributed by atoms with E-state index in [0.717, 1.165) is 23.1 Å². The number of aryl methyl sites for hydroxylation is 1. The van der Waals surface area contributed by atoms with E-state index in [9.17, 15) is 26.4 Å². The Kier molecular flexibility index (Phi) is 6.23. The first kappa shape index (κ1) is 22.6. The van der Waals surface area contributed by atoms with Crippen molar-refractivity contribution in [1.82, 2.24) is 4.98 Å². The molecule has 2 aromatic carbocycles. The lowest BCUT2D eigenvalue weighted by molar-refractivity contribution is -0.137. The molecule has 2 N–H and O–H groups in total. The standard InChI is InChI=1S/C19H16F3N3O4S2/c1-11-10-23-18(30-11)24-17(26)12-6-7-16(29-2)15(8-12)25-31(27,28)14-5-3-4-13(9-14)19(20,21)22/h3-10,25H,1-2H3,(H,23,24,26). The number of rotatable bonds is 6. The van der Waals surface area contributed by atoms with Gasteiger partial charge in [-0.05, 0) is 43.3 Å². The minimum Gasteiger partial charge on any atom is -0.495 e. The Morgan fingerprint density at radius 2 is 1.90 bits per heavy atom. The van der Waals surface area contributed by atoms with Gasteiger partial charge in [-0.15, -0.1) is 11.3 Å². The summed E-state index contributed by atoms with van der Waals surface area (Å²) in [6, 6.07) is 7.32. The summed E-state index contributed by atoms with van der Waals surface area (Å²) in [6.07, 6.45) is -3.11. The number of sulfonamides is 1. The van der Waals surface area contributed by atoms with Gasteiger partial charge in [-0.3, -0.25) is 14.8 Å². The highest BCUT2D eigenvalue weighted by atomic mass is 32.2. The number of hydrogen-bond acceptors (Lipinski definition) is 6. The van der Waals surface area contributed by atoms with Crippen molar-refractivity contribution in [3.05, 3.63) is 64.7 Å². The largest absolute Gasteiger partial charge is 0.495 e. The van der Waals surface area contributed by atoms with Gasteiger partial charge in [-0.1, -0.05) is 6.07 Å². The van der Waals surface area contributed by atoms with Gasteiger partial charge in [0.05, 0.1) is 23.3 Å². The van der Waals surface area contributed by atoms with Crippen molar-refractivity contribution < 1.29 is 31.1 Å². The maximum atomic E-state index is 12.9. The second kappa shape index (κ2) is 8.55.